The number of benzene rings is 1. The Balaban J connectivity index is 2.69. The van der Waals surface area contributed by atoms with Crippen molar-refractivity contribution in [2.75, 3.05) is 6.54 Å². The van der Waals surface area contributed by atoms with Crippen molar-refractivity contribution in [3.8, 4) is 0 Å². The Kier molecular flexibility index (Phi) is 6.30. The summed E-state index contributed by atoms with van der Waals surface area (Å²) in [4.78, 5) is 0.328. The van der Waals surface area contributed by atoms with Crippen LogP contribution in [-0.4, -0.2) is 26.3 Å². The van der Waals surface area contributed by atoms with Crippen LogP contribution in [-0.2, 0) is 9.84 Å². The Morgan fingerprint density at radius 1 is 1.21 bits per heavy atom. The first-order valence-electron chi connectivity index (χ1n) is 6.60. The van der Waals surface area contributed by atoms with Gasteiger partial charge in [-0.3, -0.25) is 0 Å². The van der Waals surface area contributed by atoms with Gasteiger partial charge >= 0.3 is 0 Å². The first-order valence-corrected chi connectivity index (χ1v) is 8.53. The Morgan fingerprint density at radius 3 is 2.32 bits per heavy atom. The molecule has 0 saturated carbocycles. The van der Waals surface area contributed by atoms with Gasteiger partial charge in [0.2, 0.25) is 0 Å². The molecule has 1 rings (SSSR count). The van der Waals surface area contributed by atoms with Crippen LogP contribution in [0.15, 0.2) is 29.2 Å². The van der Waals surface area contributed by atoms with E-state index in [0.29, 0.717) is 22.5 Å². The molecule has 5 heteroatoms. The van der Waals surface area contributed by atoms with Crippen molar-refractivity contribution < 1.29 is 8.42 Å². The van der Waals surface area contributed by atoms with E-state index in [1.54, 1.807) is 31.2 Å². The quantitative estimate of drug-likeness (QED) is 0.841. The number of rotatable bonds is 7. The summed E-state index contributed by atoms with van der Waals surface area (Å²) in [5.41, 5.74) is 0. The summed E-state index contributed by atoms with van der Waals surface area (Å²) < 4.78 is 24.7. The molecule has 0 aliphatic carbocycles. The van der Waals surface area contributed by atoms with Crippen LogP contribution in [0, 0.1) is 0 Å². The lowest BCUT2D eigenvalue weighted by molar-refractivity contribution is 0.501. The van der Waals surface area contributed by atoms with E-state index in [1.165, 1.54) is 0 Å². The third kappa shape index (κ3) is 4.79. The molecular formula is C14H22ClNO2S. The molecule has 2 unspecified atom stereocenters. The average molecular weight is 304 g/mol. The van der Waals surface area contributed by atoms with Crippen molar-refractivity contribution in [3.63, 3.8) is 0 Å². The molecule has 0 bridgehead atoms. The molecule has 0 saturated heterocycles. The third-order valence-corrected chi connectivity index (χ3v) is 5.55. The predicted octanol–water partition coefficient (Wildman–Crippen LogP) is 3.28. The highest BCUT2D eigenvalue weighted by Crippen LogP contribution is 2.18. The number of sulfone groups is 1. The van der Waals surface area contributed by atoms with Crippen LogP contribution < -0.4 is 5.32 Å². The molecule has 1 aromatic rings. The predicted molar refractivity (Wildman–Crippen MR) is 80.5 cm³/mol. The second-order valence-corrected chi connectivity index (χ2v) is 7.71. The average Bonchev–Trinajstić information content (AvgIpc) is 2.36. The van der Waals surface area contributed by atoms with Gasteiger partial charge in [0, 0.05) is 17.6 Å². The molecule has 19 heavy (non-hydrogen) atoms. The maximum Gasteiger partial charge on any atom is 0.182 e. The molecule has 0 radical (unpaired) electrons. The highest BCUT2D eigenvalue weighted by atomic mass is 35.5. The molecule has 0 fully saturated rings. The second kappa shape index (κ2) is 7.27. The Labute approximate surface area is 121 Å². The molecule has 108 valence electrons. The van der Waals surface area contributed by atoms with E-state index >= 15 is 0 Å². The van der Waals surface area contributed by atoms with Crippen molar-refractivity contribution >= 4 is 21.4 Å². The Bertz CT molecular complexity index is 485. The normalized spacial score (nSPS) is 15.2. The van der Waals surface area contributed by atoms with Crippen LogP contribution in [0.5, 0.6) is 0 Å². The van der Waals surface area contributed by atoms with Crippen LogP contribution >= 0.6 is 11.6 Å². The largest absolute Gasteiger partial charge is 0.313 e. The summed E-state index contributed by atoms with van der Waals surface area (Å²) in [6, 6.07) is 6.67. The molecule has 1 N–H and O–H groups in total. The molecule has 1 aromatic carbocycles. The van der Waals surface area contributed by atoms with Crippen LogP contribution in [0.3, 0.4) is 0 Å². The fourth-order valence-corrected chi connectivity index (χ4v) is 3.29. The number of halogens is 1. The van der Waals surface area contributed by atoms with Gasteiger partial charge in [0.05, 0.1) is 10.1 Å². The minimum absolute atomic E-state index is 0.328. The van der Waals surface area contributed by atoms with E-state index in [4.69, 9.17) is 11.6 Å². The van der Waals surface area contributed by atoms with Crippen LogP contribution in [0.4, 0.5) is 0 Å². The maximum absolute atomic E-state index is 12.3. The zero-order chi connectivity index (χ0) is 14.5. The van der Waals surface area contributed by atoms with Crippen molar-refractivity contribution in [3.05, 3.63) is 29.3 Å². The van der Waals surface area contributed by atoms with E-state index in [-0.39, 0.29) is 0 Å². The molecular weight excluding hydrogens is 282 g/mol. The summed E-state index contributed by atoms with van der Waals surface area (Å²) >= 11 is 5.77. The monoisotopic (exact) mass is 303 g/mol. The van der Waals surface area contributed by atoms with Gasteiger partial charge in [0.15, 0.2) is 9.84 Å². The topological polar surface area (TPSA) is 46.2 Å². The SMILES string of the molecule is CCCC(C)NCC(C)S(=O)(=O)c1ccc(Cl)cc1. The van der Waals surface area contributed by atoms with Crippen molar-refractivity contribution in [1.82, 2.24) is 5.32 Å². The van der Waals surface area contributed by atoms with E-state index < -0.39 is 15.1 Å². The fraction of sp³-hybridized carbons (Fsp3) is 0.571. The summed E-state index contributed by atoms with van der Waals surface area (Å²) in [6.45, 7) is 6.39. The van der Waals surface area contributed by atoms with Crippen molar-refractivity contribution in [2.24, 2.45) is 0 Å². The first kappa shape index (κ1) is 16.5. The fourth-order valence-electron chi connectivity index (χ4n) is 1.87. The van der Waals surface area contributed by atoms with Crippen molar-refractivity contribution in [1.29, 1.82) is 0 Å². The van der Waals surface area contributed by atoms with Gasteiger partial charge in [-0.15, -0.1) is 0 Å². The molecule has 0 aromatic heterocycles. The third-order valence-electron chi connectivity index (χ3n) is 3.15. The van der Waals surface area contributed by atoms with Gasteiger partial charge in [-0.25, -0.2) is 8.42 Å². The van der Waals surface area contributed by atoms with Gasteiger partial charge in [0.25, 0.3) is 0 Å². The lowest BCUT2D eigenvalue weighted by Crippen LogP contribution is -2.36. The van der Waals surface area contributed by atoms with E-state index in [0.717, 1.165) is 12.8 Å². The van der Waals surface area contributed by atoms with Crippen LogP contribution in [0.2, 0.25) is 5.02 Å². The van der Waals surface area contributed by atoms with Crippen LogP contribution in [0.1, 0.15) is 33.6 Å². The minimum atomic E-state index is -3.29. The van der Waals surface area contributed by atoms with Gasteiger partial charge in [-0.1, -0.05) is 24.9 Å². The molecule has 0 aliphatic rings. The number of nitrogens with one attached hydrogen (secondary N) is 1. The van der Waals surface area contributed by atoms with E-state index in [9.17, 15) is 8.42 Å². The lowest BCUT2D eigenvalue weighted by Gasteiger charge is -2.17. The zero-order valence-electron chi connectivity index (χ0n) is 11.7. The second-order valence-electron chi connectivity index (χ2n) is 4.91. The lowest BCUT2D eigenvalue weighted by atomic mass is 10.2. The molecule has 0 spiro atoms. The minimum Gasteiger partial charge on any atom is -0.313 e. The molecule has 0 aliphatic heterocycles. The highest BCUT2D eigenvalue weighted by Gasteiger charge is 2.23. The van der Waals surface area contributed by atoms with Crippen molar-refractivity contribution in [2.45, 2.75) is 49.8 Å². The Hall–Kier alpha value is -0.580. The summed E-state index contributed by atoms with van der Waals surface area (Å²) in [5.74, 6) is 0. The maximum atomic E-state index is 12.3. The Morgan fingerprint density at radius 2 is 1.79 bits per heavy atom. The summed E-state index contributed by atoms with van der Waals surface area (Å²) in [5, 5.41) is 3.36. The first-order chi connectivity index (χ1) is 8.87. The van der Waals surface area contributed by atoms with Gasteiger partial charge in [-0.05, 0) is 44.5 Å². The standard InChI is InChI=1S/C14H22ClNO2S/c1-4-5-11(2)16-10-12(3)19(17,18)14-8-6-13(15)7-9-14/h6-9,11-12,16H,4-5,10H2,1-3H3. The molecule has 2 atom stereocenters. The zero-order valence-corrected chi connectivity index (χ0v) is 13.3. The molecule has 0 amide bonds. The smallest absolute Gasteiger partial charge is 0.182 e. The van der Waals surface area contributed by atoms with Crippen LogP contribution in [0.25, 0.3) is 0 Å². The van der Waals surface area contributed by atoms with E-state index in [1.807, 2.05) is 0 Å². The summed E-state index contributed by atoms with van der Waals surface area (Å²) in [6.07, 6.45) is 2.14. The molecule has 0 heterocycles. The van der Waals surface area contributed by atoms with Gasteiger partial charge in [0.1, 0.15) is 0 Å². The van der Waals surface area contributed by atoms with Gasteiger partial charge in [-0.2, -0.15) is 0 Å². The highest BCUT2D eigenvalue weighted by molar-refractivity contribution is 7.92. The molecule has 3 nitrogen and oxygen atoms in total. The van der Waals surface area contributed by atoms with Gasteiger partial charge < -0.3 is 5.32 Å². The summed E-state index contributed by atoms with van der Waals surface area (Å²) in [7, 11) is -3.29. The van der Waals surface area contributed by atoms with E-state index in [2.05, 4.69) is 19.2 Å². The number of hydrogen-bond donors (Lipinski definition) is 1. The number of hydrogen-bond acceptors (Lipinski definition) is 3.